The molecule has 7 heteroatoms. The minimum absolute atomic E-state index is 0.0495. The average Bonchev–Trinajstić information content (AvgIpc) is 3.48. The molecule has 0 bridgehead atoms. The standard InChI is InChI=1S/C26H30O5S2/c27-19-13-7-12-18(19)26-32-22-20(30-24(28)16-8-3-1-4-9-16)14-15-21(23(22)33-26)31-25(29)17-10-5-2-6-11-17/h14-17H,1-13H2. The van der Waals surface area contributed by atoms with Crippen LogP contribution in [0.2, 0.25) is 0 Å². The van der Waals surface area contributed by atoms with Gasteiger partial charge in [0.2, 0.25) is 0 Å². The number of allylic oxidation sites excluding steroid dienone is 1. The molecule has 3 saturated carbocycles. The van der Waals surface area contributed by atoms with Gasteiger partial charge in [0.05, 0.1) is 25.9 Å². The van der Waals surface area contributed by atoms with Gasteiger partial charge in [-0.05, 0) is 50.7 Å². The van der Waals surface area contributed by atoms with E-state index in [9.17, 15) is 14.4 Å². The molecule has 5 rings (SSSR count). The van der Waals surface area contributed by atoms with Gasteiger partial charge in [-0.3, -0.25) is 14.4 Å². The van der Waals surface area contributed by atoms with Gasteiger partial charge in [0.1, 0.15) is 11.5 Å². The maximum atomic E-state index is 12.8. The number of hydrogen-bond acceptors (Lipinski definition) is 7. The smallest absolute Gasteiger partial charge is 0.314 e. The van der Waals surface area contributed by atoms with E-state index in [0.29, 0.717) is 17.9 Å². The Labute approximate surface area is 203 Å². The van der Waals surface area contributed by atoms with Crippen LogP contribution in [0.3, 0.4) is 0 Å². The van der Waals surface area contributed by atoms with Crippen molar-refractivity contribution < 1.29 is 23.9 Å². The van der Waals surface area contributed by atoms with E-state index in [1.807, 2.05) is 0 Å². The van der Waals surface area contributed by atoms with Gasteiger partial charge in [-0.25, -0.2) is 0 Å². The Morgan fingerprint density at radius 1 is 0.697 bits per heavy atom. The van der Waals surface area contributed by atoms with E-state index < -0.39 is 0 Å². The summed E-state index contributed by atoms with van der Waals surface area (Å²) in [5.41, 5.74) is 0.857. The van der Waals surface area contributed by atoms with Crippen LogP contribution < -0.4 is 9.47 Å². The van der Waals surface area contributed by atoms with Crippen molar-refractivity contribution in [1.29, 1.82) is 0 Å². The van der Waals surface area contributed by atoms with Gasteiger partial charge >= 0.3 is 11.9 Å². The number of rotatable bonds is 4. The van der Waals surface area contributed by atoms with Gasteiger partial charge in [-0.15, -0.1) is 0 Å². The van der Waals surface area contributed by atoms with Crippen LogP contribution in [0.25, 0.3) is 0 Å². The lowest BCUT2D eigenvalue weighted by Gasteiger charge is -2.21. The fourth-order valence-corrected chi connectivity index (χ4v) is 7.97. The molecule has 4 aliphatic rings. The van der Waals surface area contributed by atoms with Crippen LogP contribution in [0.1, 0.15) is 83.5 Å². The first-order valence-corrected chi connectivity index (χ1v) is 14.0. The van der Waals surface area contributed by atoms with Crippen molar-refractivity contribution in [2.45, 2.75) is 93.3 Å². The molecule has 1 aliphatic heterocycles. The van der Waals surface area contributed by atoms with Crippen LogP contribution in [0.5, 0.6) is 11.5 Å². The zero-order valence-electron chi connectivity index (χ0n) is 18.9. The second-order valence-electron chi connectivity index (χ2n) is 9.48. The van der Waals surface area contributed by atoms with Crippen molar-refractivity contribution in [2.75, 3.05) is 0 Å². The molecule has 5 nitrogen and oxygen atoms in total. The Hall–Kier alpha value is -1.73. The molecule has 1 aromatic rings. The van der Waals surface area contributed by atoms with Gasteiger partial charge < -0.3 is 9.47 Å². The number of carbonyl (C=O) groups is 3. The van der Waals surface area contributed by atoms with Crippen LogP contribution >= 0.6 is 23.5 Å². The molecule has 33 heavy (non-hydrogen) atoms. The Morgan fingerprint density at radius 2 is 1.18 bits per heavy atom. The quantitative estimate of drug-likeness (QED) is 0.263. The third kappa shape index (κ3) is 5.04. The molecule has 3 aliphatic carbocycles. The van der Waals surface area contributed by atoms with E-state index in [1.165, 1.54) is 36.4 Å². The van der Waals surface area contributed by atoms with Crippen molar-refractivity contribution in [1.82, 2.24) is 0 Å². The third-order valence-corrected chi connectivity index (χ3v) is 9.85. The molecular weight excluding hydrogens is 456 g/mol. The molecule has 3 fully saturated rings. The zero-order valence-corrected chi connectivity index (χ0v) is 20.5. The predicted molar refractivity (Wildman–Crippen MR) is 128 cm³/mol. The molecule has 176 valence electrons. The van der Waals surface area contributed by atoms with Crippen molar-refractivity contribution in [2.24, 2.45) is 11.8 Å². The number of ketones is 1. The molecule has 1 heterocycles. The van der Waals surface area contributed by atoms with E-state index in [4.69, 9.17) is 9.47 Å². The number of hydrogen-bond donors (Lipinski definition) is 0. The molecular formula is C26H30O5S2. The van der Waals surface area contributed by atoms with Crippen LogP contribution in [-0.4, -0.2) is 17.7 Å². The summed E-state index contributed by atoms with van der Waals surface area (Å²) in [6.45, 7) is 0. The van der Waals surface area contributed by atoms with E-state index in [2.05, 4.69) is 0 Å². The Kier molecular flexibility index (Phi) is 7.16. The Bertz CT molecular complexity index is 924. The monoisotopic (exact) mass is 486 g/mol. The third-order valence-electron chi connectivity index (χ3n) is 7.14. The summed E-state index contributed by atoms with van der Waals surface area (Å²) >= 11 is 2.97. The molecule has 0 unspecified atom stereocenters. The number of carbonyl (C=O) groups excluding carboxylic acids is 3. The van der Waals surface area contributed by atoms with Gasteiger partial charge in [-0.1, -0.05) is 62.0 Å². The van der Waals surface area contributed by atoms with Gasteiger partial charge in [-0.2, -0.15) is 0 Å². The first-order valence-electron chi connectivity index (χ1n) is 12.3. The molecule has 0 saturated heterocycles. The summed E-state index contributed by atoms with van der Waals surface area (Å²) in [5.74, 6) is 0.769. The minimum atomic E-state index is -0.174. The summed E-state index contributed by atoms with van der Waals surface area (Å²) in [6, 6.07) is 3.50. The lowest BCUT2D eigenvalue weighted by Crippen LogP contribution is -2.23. The number of benzene rings is 1. The lowest BCUT2D eigenvalue weighted by atomic mass is 9.89. The van der Waals surface area contributed by atoms with E-state index in [0.717, 1.165) is 83.8 Å². The summed E-state index contributed by atoms with van der Waals surface area (Å²) in [6.07, 6.45) is 12.4. The van der Waals surface area contributed by atoms with Crippen LogP contribution in [0, 0.1) is 11.8 Å². The average molecular weight is 487 g/mol. The molecule has 0 N–H and O–H groups in total. The van der Waals surface area contributed by atoms with Crippen molar-refractivity contribution in [3.05, 3.63) is 21.9 Å². The summed E-state index contributed by atoms with van der Waals surface area (Å²) < 4.78 is 12.7. The molecule has 1 aromatic carbocycles. The zero-order chi connectivity index (χ0) is 22.8. The highest BCUT2D eigenvalue weighted by molar-refractivity contribution is 8.24. The van der Waals surface area contributed by atoms with Crippen molar-refractivity contribution in [3.8, 4) is 11.5 Å². The van der Waals surface area contributed by atoms with Crippen LogP contribution in [0.4, 0.5) is 0 Å². The maximum absolute atomic E-state index is 12.8. The maximum Gasteiger partial charge on any atom is 0.314 e. The summed E-state index contributed by atoms with van der Waals surface area (Å²) in [4.78, 5) is 39.7. The van der Waals surface area contributed by atoms with Gasteiger partial charge in [0, 0.05) is 12.0 Å². The van der Waals surface area contributed by atoms with E-state index in [-0.39, 0.29) is 29.6 Å². The van der Waals surface area contributed by atoms with Crippen molar-refractivity contribution in [3.63, 3.8) is 0 Å². The van der Waals surface area contributed by atoms with Gasteiger partial charge in [0.25, 0.3) is 0 Å². The molecule has 0 amide bonds. The topological polar surface area (TPSA) is 69.7 Å². The first kappa shape index (κ1) is 23.0. The Balaban J connectivity index is 1.42. The highest BCUT2D eigenvalue weighted by Crippen LogP contribution is 2.60. The largest absolute Gasteiger partial charge is 0.425 e. The Morgan fingerprint density at radius 3 is 1.61 bits per heavy atom. The highest BCUT2D eigenvalue weighted by Gasteiger charge is 2.34. The van der Waals surface area contributed by atoms with Crippen LogP contribution in [0.15, 0.2) is 31.7 Å². The summed E-state index contributed by atoms with van der Waals surface area (Å²) in [7, 11) is 0. The fourth-order valence-electron chi connectivity index (χ4n) is 5.20. The summed E-state index contributed by atoms with van der Waals surface area (Å²) in [5, 5.41) is 0. The predicted octanol–water partition coefficient (Wildman–Crippen LogP) is 6.82. The molecule has 0 aromatic heterocycles. The second kappa shape index (κ2) is 10.3. The normalized spacial score (nSPS) is 21.9. The van der Waals surface area contributed by atoms with E-state index in [1.54, 1.807) is 12.1 Å². The highest BCUT2D eigenvalue weighted by atomic mass is 32.2. The molecule has 0 atom stereocenters. The van der Waals surface area contributed by atoms with Crippen molar-refractivity contribution >= 4 is 41.2 Å². The second-order valence-corrected chi connectivity index (χ2v) is 11.8. The number of esters is 2. The van der Waals surface area contributed by atoms with Gasteiger partial charge in [0.15, 0.2) is 5.78 Å². The minimum Gasteiger partial charge on any atom is -0.425 e. The fraction of sp³-hybridized carbons (Fsp3) is 0.577. The first-order chi connectivity index (χ1) is 16.1. The number of fused-ring (bicyclic) bond motifs is 1. The number of ether oxygens (including phenoxy) is 2. The molecule has 0 spiro atoms. The van der Waals surface area contributed by atoms with Crippen LogP contribution in [-0.2, 0) is 14.4 Å². The molecule has 0 radical (unpaired) electrons. The van der Waals surface area contributed by atoms with E-state index >= 15 is 0 Å². The number of Topliss-reactive ketones (excluding diaryl/α,β-unsaturated/α-hetero) is 1. The lowest BCUT2D eigenvalue weighted by molar-refractivity contribution is -0.141. The number of thioether (sulfide) groups is 2. The SMILES string of the molecule is O=C1CCCC1=C1Sc2c(OC(=O)C3CCCCC3)ccc(OC(=O)C3CCCCC3)c2S1.